The molecule has 0 unspecified atom stereocenters. The van der Waals surface area contributed by atoms with Gasteiger partial charge in [-0.1, -0.05) is 12.8 Å². The average molecular weight is 299 g/mol. The van der Waals surface area contributed by atoms with Crippen molar-refractivity contribution >= 4 is 5.91 Å². The first kappa shape index (κ1) is 14.7. The van der Waals surface area contributed by atoms with Gasteiger partial charge in [0.2, 0.25) is 5.91 Å². The van der Waals surface area contributed by atoms with Crippen molar-refractivity contribution in [1.29, 1.82) is 0 Å². The van der Waals surface area contributed by atoms with Crippen molar-refractivity contribution in [1.82, 2.24) is 24.8 Å². The average Bonchev–Trinajstić information content (AvgIpc) is 3.20. The Morgan fingerprint density at radius 3 is 2.73 bits per heavy atom. The van der Waals surface area contributed by atoms with Gasteiger partial charge in [0.25, 0.3) is 0 Å². The Balaban J connectivity index is 1.50. The summed E-state index contributed by atoms with van der Waals surface area (Å²) in [6, 6.07) is 1.78. The van der Waals surface area contributed by atoms with Crippen LogP contribution < -0.4 is 5.32 Å². The van der Waals surface area contributed by atoms with Gasteiger partial charge in [0.05, 0.1) is 0 Å². The van der Waals surface area contributed by atoms with Gasteiger partial charge in [-0.2, -0.15) is 0 Å². The standard InChI is InChI=1S/C16H21N5O/c22-14(12-13-4-1-2-5-13)17-8-10-21-11-9-20-16(21)15-18-6-3-7-19-15/h3,6-7,9,11,13H,1-2,4-5,8,10,12H2,(H,17,22). The molecule has 1 saturated carbocycles. The molecule has 1 N–H and O–H groups in total. The lowest BCUT2D eigenvalue weighted by Gasteiger charge is -2.11. The fourth-order valence-electron chi connectivity index (χ4n) is 2.97. The predicted molar refractivity (Wildman–Crippen MR) is 82.8 cm³/mol. The van der Waals surface area contributed by atoms with Crippen molar-refractivity contribution in [3.05, 3.63) is 30.9 Å². The number of hydrogen-bond acceptors (Lipinski definition) is 4. The third-order valence-electron chi connectivity index (χ3n) is 4.10. The minimum Gasteiger partial charge on any atom is -0.354 e. The second kappa shape index (κ2) is 7.15. The fraction of sp³-hybridized carbons (Fsp3) is 0.500. The molecular weight excluding hydrogens is 278 g/mol. The molecule has 22 heavy (non-hydrogen) atoms. The normalized spacial score (nSPS) is 15.1. The van der Waals surface area contributed by atoms with Crippen LogP contribution in [0.5, 0.6) is 0 Å². The summed E-state index contributed by atoms with van der Waals surface area (Å²) in [7, 11) is 0. The number of carbonyl (C=O) groups is 1. The molecule has 116 valence electrons. The topological polar surface area (TPSA) is 72.7 Å². The molecule has 1 fully saturated rings. The van der Waals surface area contributed by atoms with E-state index in [1.807, 2.05) is 10.8 Å². The molecule has 0 saturated heterocycles. The molecule has 2 aromatic rings. The quantitative estimate of drug-likeness (QED) is 0.886. The zero-order chi connectivity index (χ0) is 15.2. The van der Waals surface area contributed by atoms with E-state index in [1.54, 1.807) is 24.7 Å². The van der Waals surface area contributed by atoms with E-state index in [0.717, 1.165) is 5.82 Å². The first-order chi connectivity index (χ1) is 10.8. The number of hydrogen-bond donors (Lipinski definition) is 1. The van der Waals surface area contributed by atoms with Gasteiger partial charge in [-0.3, -0.25) is 4.79 Å². The van der Waals surface area contributed by atoms with Crippen molar-refractivity contribution in [3.63, 3.8) is 0 Å². The highest BCUT2D eigenvalue weighted by atomic mass is 16.1. The third-order valence-corrected chi connectivity index (χ3v) is 4.10. The number of nitrogens with zero attached hydrogens (tertiary/aromatic N) is 4. The van der Waals surface area contributed by atoms with Gasteiger partial charge in [-0.25, -0.2) is 15.0 Å². The summed E-state index contributed by atoms with van der Waals surface area (Å²) in [5, 5.41) is 3.00. The minimum absolute atomic E-state index is 0.157. The van der Waals surface area contributed by atoms with Gasteiger partial charge < -0.3 is 9.88 Å². The van der Waals surface area contributed by atoms with Crippen LogP contribution in [0, 0.1) is 5.92 Å². The van der Waals surface area contributed by atoms with Crippen molar-refractivity contribution in [2.75, 3.05) is 6.54 Å². The number of aromatic nitrogens is 4. The Labute approximate surface area is 130 Å². The van der Waals surface area contributed by atoms with Crippen LogP contribution in [-0.2, 0) is 11.3 Å². The summed E-state index contributed by atoms with van der Waals surface area (Å²) in [5.41, 5.74) is 0. The highest BCUT2D eigenvalue weighted by molar-refractivity contribution is 5.76. The molecule has 6 heteroatoms. The molecule has 6 nitrogen and oxygen atoms in total. The highest BCUT2D eigenvalue weighted by Crippen LogP contribution is 2.27. The number of rotatable bonds is 6. The van der Waals surface area contributed by atoms with Gasteiger partial charge in [-0.05, 0) is 24.8 Å². The van der Waals surface area contributed by atoms with E-state index in [9.17, 15) is 4.79 Å². The molecule has 0 bridgehead atoms. The Kier molecular flexibility index (Phi) is 4.78. The summed E-state index contributed by atoms with van der Waals surface area (Å²) in [6.07, 6.45) is 12.6. The molecule has 0 atom stereocenters. The summed E-state index contributed by atoms with van der Waals surface area (Å²) >= 11 is 0. The molecular formula is C16H21N5O. The van der Waals surface area contributed by atoms with Crippen LogP contribution >= 0.6 is 0 Å². The van der Waals surface area contributed by atoms with Crippen LogP contribution in [0.15, 0.2) is 30.9 Å². The maximum atomic E-state index is 11.9. The van der Waals surface area contributed by atoms with Gasteiger partial charge in [-0.15, -0.1) is 0 Å². The number of carbonyl (C=O) groups excluding carboxylic acids is 1. The largest absolute Gasteiger partial charge is 0.354 e. The molecule has 0 spiro atoms. The summed E-state index contributed by atoms with van der Waals surface area (Å²) in [5.74, 6) is 2.07. The van der Waals surface area contributed by atoms with E-state index in [-0.39, 0.29) is 5.91 Å². The molecule has 0 aliphatic heterocycles. The Bertz CT molecular complexity index is 604. The monoisotopic (exact) mass is 299 g/mol. The highest BCUT2D eigenvalue weighted by Gasteiger charge is 2.18. The molecule has 1 amide bonds. The van der Waals surface area contributed by atoms with Crippen molar-refractivity contribution in [2.24, 2.45) is 5.92 Å². The van der Waals surface area contributed by atoms with E-state index < -0.39 is 0 Å². The van der Waals surface area contributed by atoms with Crippen LogP contribution in [0.4, 0.5) is 0 Å². The lowest BCUT2D eigenvalue weighted by atomic mass is 10.0. The maximum absolute atomic E-state index is 11.9. The number of nitrogens with one attached hydrogen (secondary N) is 1. The number of amides is 1. The van der Waals surface area contributed by atoms with Gasteiger partial charge in [0, 0.05) is 44.3 Å². The first-order valence-electron chi connectivity index (χ1n) is 7.88. The lowest BCUT2D eigenvalue weighted by molar-refractivity contribution is -0.122. The van der Waals surface area contributed by atoms with Gasteiger partial charge in [0.15, 0.2) is 11.6 Å². The van der Waals surface area contributed by atoms with E-state index in [1.165, 1.54) is 25.7 Å². The maximum Gasteiger partial charge on any atom is 0.220 e. The summed E-state index contributed by atoms with van der Waals surface area (Å²) < 4.78 is 1.96. The van der Waals surface area contributed by atoms with Crippen molar-refractivity contribution < 1.29 is 4.79 Å². The lowest BCUT2D eigenvalue weighted by Crippen LogP contribution is -2.28. The van der Waals surface area contributed by atoms with E-state index in [4.69, 9.17) is 0 Å². The molecule has 3 rings (SSSR count). The Hall–Kier alpha value is -2.24. The summed E-state index contributed by atoms with van der Waals surface area (Å²) in [4.78, 5) is 24.6. The van der Waals surface area contributed by atoms with Crippen LogP contribution in [-0.4, -0.2) is 32.0 Å². The zero-order valence-corrected chi connectivity index (χ0v) is 12.6. The fourth-order valence-corrected chi connectivity index (χ4v) is 2.97. The minimum atomic E-state index is 0.157. The molecule has 1 aliphatic carbocycles. The van der Waals surface area contributed by atoms with Crippen LogP contribution in [0.1, 0.15) is 32.1 Å². The van der Waals surface area contributed by atoms with Crippen molar-refractivity contribution in [3.8, 4) is 11.6 Å². The van der Waals surface area contributed by atoms with Crippen LogP contribution in [0.2, 0.25) is 0 Å². The summed E-state index contributed by atoms with van der Waals surface area (Å²) in [6.45, 7) is 1.27. The Morgan fingerprint density at radius 1 is 1.18 bits per heavy atom. The third kappa shape index (κ3) is 3.69. The second-order valence-electron chi connectivity index (χ2n) is 5.72. The van der Waals surface area contributed by atoms with E-state index in [2.05, 4.69) is 20.3 Å². The predicted octanol–water partition coefficient (Wildman–Crippen LogP) is 2.04. The number of imidazole rings is 1. The molecule has 1 aliphatic rings. The van der Waals surface area contributed by atoms with Crippen LogP contribution in [0.3, 0.4) is 0 Å². The molecule has 2 aromatic heterocycles. The molecule has 0 radical (unpaired) electrons. The second-order valence-corrected chi connectivity index (χ2v) is 5.72. The smallest absolute Gasteiger partial charge is 0.220 e. The van der Waals surface area contributed by atoms with Gasteiger partial charge in [0.1, 0.15) is 0 Å². The van der Waals surface area contributed by atoms with Gasteiger partial charge >= 0.3 is 0 Å². The first-order valence-corrected chi connectivity index (χ1v) is 7.88. The SMILES string of the molecule is O=C(CC1CCCC1)NCCn1ccnc1-c1ncccn1. The zero-order valence-electron chi connectivity index (χ0n) is 12.6. The van der Waals surface area contributed by atoms with E-state index in [0.29, 0.717) is 31.3 Å². The van der Waals surface area contributed by atoms with Crippen molar-refractivity contribution in [2.45, 2.75) is 38.6 Å². The van der Waals surface area contributed by atoms with Crippen LogP contribution in [0.25, 0.3) is 11.6 Å². The Morgan fingerprint density at radius 2 is 1.95 bits per heavy atom. The molecule has 0 aromatic carbocycles. The van der Waals surface area contributed by atoms with E-state index >= 15 is 0 Å². The molecule has 2 heterocycles.